The van der Waals surface area contributed by atoms with Crippen LogP contribution in [0.25, 0.3) is 0 Å². The lowest BCUT2D eigenvalue weighted by Crippen LogP contribution is -2.36. The van der Waals surface area contributed by atoms with Gasteiger partial charge in [-0.2, -0.15) is 0 Å². The zero-order valence-corrected chi connectivity index (χ0v) is 6.89. The normalized spacial score (nSPS) is 25.0. The highest BCUT2D eigenvalue weighted by Gasteiger charge is 2.39. The maximum Gasteiger partial charge on any atom is 0.123 e. The van der Waals surface area contributed by atoms with Crippen molar-refractivity contribution in [1.82, 2.24) is 0 Å². The summed E-state index contributed by atoms with van der Waals surface area (Å²) < 4.78 is 0. The molecule has 0 aromatic carbocycles. The molecule has 0 amide bonds. The SMILES string of the molecule is CCC1(C(C)C=O)CCC1. The van der Waals surface area contributed by atoms with Crippen LogP contribution >= 0.6 is 0 Å². The Bertz CT molecular complexity index is 119. The highest BCUT2D eigenvalue weighted by Crippen LogP contribution is 2.48. The summed E-state index contributed by atoms with van der Waals surface area (Å²) >= 11 is 0. The summed E-state index contributed by atoms with van der Waals surface area (Å²) in [5, 5.41) is 0. The van der Waals surface area contributed by atoms with Crippen LogP contribution in [0.5, 0.6) is 0 Å². The van der Waals surface area contributed by atoms with Crippen molar-refractivity contribution in [1.29, 1.82) is 0 Å². The number of aldehydes is 1. The van der Waals surface area contributed by atoms with E-state index in [0.717, 1.165) is 6.29 Å². The van der Waals surface area contributed by atoms with E-state index >= 15 is 0 Å². The second kappa shape index (κ2) is 2.73. The lowest BCUT2D eigenvalue weighted by Gasteiger charge is -2.44. The Morgan fingerprint density at radius 2 is 2.20 bits per heavy atom. The van der Waals surface area contributed by atoms with Crippen LogP contribution in [0.4, 0.5) is 0 Å². The summed E-state index contributed by atoms with van der Waals surface area (Å²) in [5.41, 5.74) is 0.405. The first kappa shape index (κ1) is 7.77. The summed E-state index contributed by atoms with van der Waals surface area (Å²) in [7, 11) is 0. The maximum atomic E-state index is 10.5. The fraction of sp³-hybridized carbons (Fsp3) is 0.889. The molecule has 1 fully saturated rings. The van der Waals surface area contributed by atoms with E-state index in [0.29, 0.717) is 5.41 Å². The highest BCUT2D eigenvalue weighted by atomic mass is 16.1. The van der Waals surface area contributed by atoms with Gasteiger partial charge in [0.25, 0.3) is 0 Å². The predicted octanol–water partition coefficient (Wildman–Crippen LogP) is 2.40. The van der Waals surface area contributed by atoms with E-state index in [1.54, 1.807) is 0 Å². The molecule has 1 heteroatoms. The largest absolute Gasteiger partial charge is 0.303 e. The molecule has 1 aliphatic rings. The van der Waals surface area contributed by atoms with Gasteiger partial charge < -0.3 is 4.79 Å². The maximum absolute atomic E-state index is 10.5. The third-order valence-corrected chi connectivity index (χ3v) is 3.22. The molecular formula is C9H16O. The monoisotopic (exact) mass is 140 g/mol. The molecule has 0 spiro atoms. The van der Waals surface area contributed by atoms with Crippen LogP contribution < -0.4 is 0 Å². The van der Waals surface area contributed by atoms with Gasteiger partial charge in [-0.05, 0) is 24.7 Å². The second-order valence-electron chi connectivity index (χ2n) is 3.49. The van der Waals surface area contributed by atoms with Gasteiger partial charge in [0.1, 0.15) is 6.29 Å². The Kier molecular flexibility index (Phi) is 2.12. The minimum absolute atomic E-state index is 0.284. The minimum Gasteiger partial charge on any atom is -0.303 e. The molecule has 0 aromatic heterocycles. The van der Waals surface area contributed by atoms with Crippen molar-refractivity contribution < 1.29 is 4.79 Å². The predicted molar refractivity (Wildman–Crippen MR) is 41.8 cm³/mol. The standard InChI is InChI=1S/C9H16O/c1-3-9(5-4-6-9)8(2)7-10/h7-8H,3-6H2,1-2H3. The van der Waals surface area contributed by atoms with Gasteiger partial charge in [-0.3, -0.25) is 0 Å². The average molecular weight is 140 g/mol. The van der Waals surface area contributed by atoms with E-state index in [2.05, 4.69) is 13.8 Å². The van der Waals surface area contributed by atoms with Gasteiger partial charge in [0.05, 0.1) is 0 Å². The van der Waals surface area contributed by atoms with Crippen LogP contribution in [0.2, 0.25) is 0 Å². The molecular weight excluding hydrogens is 124 g/mol. The lowest BCUT2D eigenvalue weighted by molar-refractivity contribution is -0.116. The fourth-order valence-corrected chi connectivity index (χ4v) is 1.91. The van der Waals surface area contributed by atoms with Crippen molar-refractivity contribution in [3.05, 3.63) is 0 Å². The quantitative estimate of drug-likeness (QED) is 0.550. The van der Waals surface area contributed by atoms with Crippen LogP contribution in [-0.4, -0.2) is 6.29 Å². The first-order valence-electron chi connectivity index (χ1n) is 4.20. The van der Waals surface area contributed by atoms with E-state index in [1.807, 2.05) is 0 Å². The Morgan fingerprint density at radius 3 is 2.30 bits per heavy atom. The van der Waals surface area contributed by atoms with Gasteiger partial charge in [-0.15, -0.1) is 0 Å². The van der Waals surface area contributed by atoms with Gasteiger partial charge in [-0.25, -0.2) is 0 Å². The van der Waals surface area contributed by atoms with Crippen LogP contribution in [0, 0.1) is 11.3 Å². The van der Waals surface area contributed by atoms with Crippen molar-refractivity contribution in [2.24, 2.45) is 11.3 Å². The topological polar surface area (TPSA) is 17.1 Å². The summed E-state index contributed by atoms with van der Waals surface area (Å²) in [6.45, 7) is 4.24. The van der Waals surface area contributed by atoms with Crippen LogP contribution in [-0.2, 0) is 4.79 Å². The van der Waals surface area contributed by atoms with E-state index in [-0.39, 0.29) is 5.92 Å². The van der Waals surface area contributed by atoms with Crippen molar-refractivity contribution in [2.75, 3.05) is 0 Å². The second-order valence-corrected chi connectivity index (χ2v) is 3.49. The lowest BCUT2D eigenvalue weighted by atomic mass is 9.60. The van der Waals surface area contributed by atoms with E-state index in [9.17, 15) is 4.79 Å². The Hall–Kier alpha value is -0.330. The van der Waals surface area contributed by atoms with Gasteiger partial charge in [0, 0.05) is 5.92 Å². The molecule has 1 nitrogen and oxygen atoms in total. The molecule has 1 saturated carbocycles. The molecule has 0 aliphatic heterocycles. The van der Waals surface area contributed by atoms with Crippen molar-refractivity contribution in [3.63, 3.8) is 0 Å². The molecule has 0 N–H and O–H groups in total. The van der Waals surface area contributed by atoms with Crippen molar-refractivity contribution in [3.8, 4) is 0 Å². The first-order chi connectivity index (χ1) is 4.75. The molecule has 58 valence electrons. The van der Waals surface area contributed by atoms with E-state index in [1.165, 1.54) is 25.7 Å². The number of carbonyl (C=O) groups excluding carboxylic acids is 1. The van der Waals surface area contributed by atoms with Gasteiger partial charge >= 0.3 is 0 Å². The molecule has 0 saturated heterocycles. The van der Waals surface area contributed by atoms with Gasteiger partial charge in [0.15, 0.2) is 0 Å². The third kappa shape index (κ3) is 0.979. The van der Waals surface area contributed by atoms with Crippen LogP contribution in [0.3, 0.4) is 0 Å². The average Bonchev–Trinajstić information content (AvgIpc) is 1.86. The zero-order valence-electron chi connectivity index (χ0n) is 6.89. The van der Waals surface area contributed by atoms with Crippen LogP contribution in [0.1, 0.15) is 39.5 Å². The van der Waals surface area contributed by atoms with Crippen molar-refractivity contribution in [2.45, 2.75) is 39.5 Å². The molecule has 0 bridgehead atoms. The van der Waals surface area contributed by atoms with Gasteiger partial charge in [-0.1, -0.05) is 20.3 Å². The molecule has 1 aliphatic carbocycles. The fourth-order valence-electron chi connectivity index (χ4n) is 1.91. The smallest absolute Gasteiger partial charge is 0.123 e. The Morgan fingerprint density at radius 1 is 1.60 bits per heavy atom. The molecule has 1 rings (SSSR count). The Labute approximate surface area is 62.8 Å². The molecule has 1 unspecified atom stereocenters. The molecule has 0 aromatic rings. The van der Waals surface area contributed by atoms with E-state index < -0.39 is 0 Å². The number of carbonyl (C=O) groups is 1. The molecule has 0 radical (unpaired) electrons. The number of hydrogen-bond donors (Lipinski definition) is 0. The molecule has 10 heavy (non-hydrogen) atoms. The minimum atomic E-state index is 0.284. The molecule has 1 atom stereocenters. The summed E-state index contributed by atoms with van der Waals surface area (Å²) in [5.74, 6) is 0.284. The highest BCUT2D eigenvalue weighted by molar-refractivity contribution is 5.54. The zero-order chi connectivity index (χ0) is 7.61. The van der Waals surface area contributed by atoms with Crippen LogP contribution in [0.15, 0.2) is 0 Å². The summed E-state index contributed by atoms with van der Waals surface area (Å²) in [4.78, 5) is 10.5. The van der Waals surface area contributed by atoms with E-state index in [4.69, 9.17) is 0 Å². The first-order valence-corrected chi connectivity index (χ1v) is 4.20. The summed E-state index contributed by atoms with van der Waals surface area (Å²) in [6.07, 6.45) is 6.15. The number of hydrogen-bond acceptors (Lipinski definition) is 1. The molecule has 0 heterocycles. The van der Waals surface area contributed by atoms with Crippen molar-refractivity contribution >= 4 is 6.29 Å². The Balaban J connectivity index is 2.54. The number of rotatable bonds is 3. The van der Waals surface area contributed by atoms with Gasteiger partial charge in [0.2, 0.25) is 0 Å². The summed E-state index contributed by atoms with van der Waals surface area (Å²) in [6, 6.07) is 0. The third-order valence-electron chi connectivity index (χ3n) is 3.22.